The number of nitrogens with zero attached hydrogens (tertiary/aromatic N) is 2. The summed E-state index contributed by atoms with van der Waals surface area (Å²) in [5, 5.41) is 29.5. The fourth-order valence-corrected chi connectivity index (χ4v) is 4.03. The zero-order valence-electron chi connectivity index (χ0n) is 15.8. The molecule has 2 fully saturated rings. The van der Waals surface area contributed by atoms with Crippen LogP contribution >= 0.6 is 0 Å². The molecule has 3 rings (SSSR count). The number of rotatable bonds is 6. The van der Waals surface area contributed by atoms with E-state index in [-0.39, 0.29) is 35.4 Å². The number of aromatic carboxylic acids is 1. The molecular formula is C20H24N4O4. The maximum atomic E-state index is 12.9. The summed E-state index contributed by atoms with van der Waals surface area (Å²) >= 11 is 0. The Balaban J connectivity index is 1.85. The summed E-state index contributed by atoms with van der Waals surface area (Å²) in [5.74, 6) is -0.863. The quantitative estimate of drug-likeness (QED) is 0.691. The Kier molecular flexibility index (Phi) is 5.54. The number of carbonyl (C=O) groups is 2. The van der Waals surface area contributed by atoms with Crippen molar-refractivity contribution in [2.75, 3.05) is 13.7 Å². The van der Waals surface area contributed by atoms with Crippen molar-refractivity contribution in [2.45, 2.75) is 44.1 Å². The number of hydrogen-bond donors (Lipinski definition) is 3. The molecule has 0 bridgehead atoms. The molecule has 1 aromatic rings. The van der Waals surface area contributed by atoms with Gasteiger partial charge in [-0.25, -0.2) is 4.79 Å². The van der Waals surface area contributed by atoms with Crippen LogP contribution in [0.2, 0.25) is 0 Å². The Bertz CT molecular complexity index is 841. The van der Waals surface area contributed by atoms with E-state index in [0.29, 0.717) is 12.3 Å². The standard InChI is InChI=1S/C20H24N4O4/c1-24-18(27)20(23-19(24)22,10-13-5-3-2-4-6-13)12-28-16-9-14(17(25)26)7-8-15(16)11-21/h7-9,13H,2-6,10,12H2,1H3,(H2,22,23)(H,25,26). The fourth-order valence-electron chi connectivity index (χ4n) is 4.03. The lowest BCUT2D eigenvalue weighted by molar-refractivity contribution is -0.132. The molecule has 0 spiro atoms. The second-order valence-electron chi connectivity index (χ2n) is 7.54. The molecule has 1 atom stereocenters. The van der Waals surface area contributed by atoms with Crippen molar-refractivity contribution in [1.29, 1.82) is 10.7 Å². The normalized spacial score (nSPS) is 22.6. The van der Waals surface area contributed by atoms with Crippen LogP contribution in [0.5, 0.6) is 5.75 Å². The number of hydrogen-bond acceptors (Lipinski definition) is 5. The molecule has 28 heavy (non-hydrogen) atoms. The Morgan fingerprint density at radius 1 is 1.43 bits per heavy atom. The van der Waals surface area contributed by atoms with Crippen molar-refractivity contribution in [3.63, 3.8) is 0 Å². The number of ether oxygens (including phenoxy) is 1. The summed E-state index contributed by atoms with van der Waals surface area (Å²) in [6.45, 7) is -0.0766. The maximum absolute atomic E-state index is 12.9. The highest BCUT2D eigenvalue weighted by atomic mass is 16.5. The van der Waals surface area contributed by atoms with Gasteiger partial charge in [0.15, 0.2) is 11.5 Å². The SMILES string of the molecule is CN1C(=N)NC(COc2cc(C(=O)O)ccc2C#N)(CC2CCCCC2)C1=O. The minimum atomic E-state index is -1.12. The molecule has 3 N–H and O–H groups in total. The summed E-state index contributed by atoms with van der Waals surface area (Å²) in [6.07, 6.45) is 6.06. The number of carbonyl (C=O) groups excluding carboxylic acids is 1. The van der Waals surface area contributed by atoms with Crippen molar-refractivity contribution in [3.05, 3.63) is 29.3 Å². The lowest BCUT2D eigenvalue weighted by Crippen LogP contribution is -2.53. The smallest absolute Gasteiger partial charge is 0.335 e. The minimum absolute atomic E-state index is 0.00546. The summed E-state index contributed by atoms with van der Waals surface area (Å²) in [7, 11) is 1.55. The number of guanidine groups is 1. The molecule has 1 amide bonds. The fraction of sp³-hybridized carbons (Fsp3) is 0.500. The molecule has 1 aromatic carbocycles. The van der Waals surface area contributed by atoms with Crippen LogP contribution in [0.15, 0.2) is 18.2 Å². The van der Waals surface area contributed by atoms with Gasteiger partial charge in [0.25, 0.3) is 5.91 Å². The van der Waals surface area contributed by atoms with Gasteiger partial charge in [0.05, 0.1) is 11.1 Å². The highest BCUT2D eigenvalue weighted by molar-refractivity contribution is 6.07. The maximum Gasteiger partial charge on any atom is 0.335 e. The van der Waals surface area contributed by atoms with E-state index in [1.54, 1.807) is 7.05 Å². The van der Waals surface area contributed by atoms with Gasteiger partial charge in [0.2, 0.25) is 0 Å². The Hall–Kier alpha value is -3.08. The first-order valence-electron chi connectivity index (χ1n) is 9.41. The van der Waals surface area contributed by atoms with Crippen LogP contribution in [0.3, 0.4) is 0 Å². The van der Waals surface area contributed by atoms with Gasteiger partial charge in [-0.3, -0.25) is 15.1 Å². The molecule has 0 radical (unpaired) electrons. The number of amides is 1. The minimum Gasteiger partial charge on any atom is -0.489 e. The number of likely N-dealkylation sites (N-methyl/N-ethyl adjacent to an activating group) is 1. The van der Waals surface area contributed by atoms with Crippen LogP contribution in [0.1, 0.15) is 54.4 Å². The number of carboxylic acid groups (broad SMARTS) is 1. The second-order valence-corrected chi connectivity index (χ2v) is 7.54. The summed E-state index contributed by atoms with van der Waals surface area (Å²) < 4.78 is 5.82. The molecule has 0 aromatic heterocycles. The molecule has 1 aliphatic heterocycles. The highest BCUT2D eigenvalue weighted by Crippen LogP contribution is 2.34. The number of benzene rings is 1. The first kappa shape index (κ1) is 19.7. The Morgan fingerprint density at radius 3 is 2.71 bits per heavy atom. The van der Waals surface area contributed by atoms with E-state index in [0.717, 1.165) is 25.7 Å². The first-order chi connectivity index (χ1) is 13.4. The molecule has 1 aliphatic carbocycles. The van der Waals surface area contributed by atoms with Crippen LogP contribution in [0, 0.1) is 22.7 Å². The largest absolute Gasteiger partial charge is 0.489 e. The second kappa shape index (κ2) is 7.89. The molecular weight excluding hydrogens is 360 g/mol. The van der Waals surface area contributed by atoms with Gasteiger partial charge in [0.1, 0.15) is 18.4 Å². The van der Waals surface area contributed by atoms with Crippen LogP contribution in [-0.4, -0.2) is 47.0 Å². The predicted octanol–water partition coefficient (Wildman–Crippen LogP) is 2.34. The van der Waals surface area contributed by atoms with Gasteiger partial charge in [-0.15, -0.1) is 0 Å². The van der Waals surface area contributed by atoms with Gasteiger partial charge < -0.3 is 15.2 Å². The predicted molar refractivity (Wildman–Crippen MR) is 101 cm³/mol. The number of nitriles is 1. The van der Waals surface area contributed by atoms with Gasteiger partial charge >= 0.3 is 5.97 Å². The summed E-state index contributed by atoms with van der Waals surface area (Å²) in [6, 6.07) is 6.01. The van der Waals surface area contributed by atoms with Gasteiger partial charge in [-0.05, 0) is 30.5 Å². The first-order valence-corrected chi connectivity index (χ1v) is 9.41. The average Bonchev–Trinajstić information content (AvgIpc) is 2.90. The van der Waals surface area contributed by atoms with Crippen molar-refractivity contribution in [3.8, 4) is 11.8 Å². The van der Waals surface area contributed by atoms with E-state index in [1.807, 2.05) is 6.07 Å². The number of carboxylic acids is 1. The van der Waals surface area contributed by atoms with E-state index >= 15 is 0 Å². The third-order valence-corrected chi connectivity index (χ3v) is 5.59. The van der Waals surface area contributed by atoms with E-state index in [2.05, 4.69) is 5.32 Å². The molecule has 1 saturated heterocycles. The Labute approximate surface area is 163 Å². The van der Waals surface area contributed by atoms with Gasteiger partial charge in [-0.2, -0.15) is 5.26 Å². The van der Waals surface area contributed by atoms with Crippen molar-refractivity contribution in [2.24, 2.45) is 5.92 Å². The van der Waals surface area contributed by atoms with Gasteiger partial charge in [-0.1, -0.05) is 32.1 Å². The van der Waals surface area contributed by atoms with E-state index in [4.69, 9.17) is 10.1 Å². The average molecular weight is 384 g/mol. The lowest BCUT2D eigenvalue weighted by atomic mass is 9.79. The van der Waals surface area contributed by atoms with Crippen LogP contribution in [0.25, 0.3) is 0 Å². The Morgan fingerprint density at radius 2 is 2.14 bits per heavy atom. The molecule has 148 valence electrons. The monoisotopic (exact) mass is 384 g/mol. The summed E-state index contributed by atoms with van der Waals surface area (Å²) in [4.78, 5) is 25.5. The molecule has 1 heterocycles. The van der Waals surface area contributed by atoms with Crippen LogP contribution < -0.4 is 10.1 Å². The zero-order valence-corrected chi connectivity index (χ0v) is 15.8. The van der Waals surface area contributed by atoms with Gasteiger partial charge in [0, 0.05) is 7.05 Å². The highest BCUT2D eigenvalue weighted by Gasteiger charge is 2.50. The lowest BCUT2D eigenvalue weighted by Gasteiger charge is -2.32. The van der Waals surface area contributed by atoms with Crippen LogP contribution in [-0.2, 0) is 4.79 Å². The van der Waals surface area contributed by atoms with Crippen molar-refractivity contribution < 1.29 is 19.4 Å². The van der Waals surface area contributed by atoms with Crippen molar-refractivity contribution in [1.82, 2.24) is 10.2 Å². The topological polar surface area (TPSA) is 127 Å². The van der Waals surface area contributed by atoms with Crippen molar-refractivity contribution >= 4 is 17.8 Å². The summed E-state index contributed by atoms with van der Waals surface area (Å²) in [5.41, 5.74) is -0.877. The van der Waals surface area contributed by atoms with E-state index in [1.165, 1.54) is 29.5 Å². The molecule has 2 aliphatic rings. The number of nitrogens with one attached hydrogen (secondary N) is 2. The third kappa shape index (κ3) is 3.79. The molecule has 8 nitrogen and oxygen atoms in total. The molecule has 8 heteroatoms. The molecule has 1 saturated carbocycles. The molecule has 1 unspecified atom stereocenters. The zero-order chi connectivity index (χ0) is 20.3. The van der Waals surface area contributed by atoms with Crippen LogP contribution in [0.4, 0.5) is 0 Å². The van der Waals surface area contributed by atoms with E-state index < -0.39 is 11.5 Å². The van der Waals surface area contributed by atoms with E-state index in [9.17, 15) is 20.0 Å². The third-order valence-electron chi connectivity index (χ3n) is 5.59.